The maximum absolute atomic E-state index is 9.29. The van der Waals surface area contributed by atoms with Crippen molar-refractivity contribution in [1.29, 1.82) is 0 Å². The molecule has 2 N–H and O–H groups in total. The van der Waals surface area contributed by atoms with E-state index in [-0.39, 0.29) is 0 Å². The van der Waals surface area contributed by atoms with Gasteiger partial charge >= 0.3 is 0 Å². The third-order valence-corrected chi connectivity index (χ3v) is 1.36. The molecule has 66 valence electrons. The van der Waals surface area contributed by atoms with Gasteiger partial charge in [0.2, 0.25) is 0 Å². The van der Waals surface area contributed by atoms with Gasteiger partial charge in [-0.1, -0.05) is 18.2 Å². The standard InChI is InChI=1S/C8H16ClNO/c1-7(9)6-10-5-4-8(2,3)11/h10-11H,1,4-6H2,2-3H3. The van der Waals surface area contributed by atoms with Crippen LogP contribution in [0.25, 0.3) is 0 Å². The van der Waals surface area contributed by atoms with Gasteiger partial charge in [0.15, 0.2) is 0 Å². The molecule has 0 rings (SSSR count). The Hall–Kier alpha value is -0.0500. The van der Waals surface area contributed by atoms with E-state index in [0.717, 1.165) is 13.0 Å². The Balaban J connectivity index is 3.22. The van der Waals surface area contributed by atoms with E-state index in [2.05, 4.69) is 11.9 Å². The molecule has 0 aliphatic rings. The molecule has 0 saturated carbocycles. The second kappa shape index (κ2) is 4.75. The van der Waals surface area contributed by atoms with Crippen LogP contribution >= 0.6 is 11.6 Å². The summed E-state index contributed by atoms with van der Waals surface area (Å²) < 4.78 is 0. The third kappa shape index (κ3) is 9.95. The van der Waals surface area contributed by atoms with Gasteiger partial charge in [0.05, 0.1) is 5.60 Å². The molecule has 2 nitrogen and oxygen atoms in total. The second-order valence-corrected chi connectivity index (χ2v) is 3.79. The van der Waals surface area contributed by atoms with Gasteiger partial charge in [0.25, 0.3) is 0 Å². The molecular formula is C8H16ClNO. The molecule has 0 heterocycles. The minimum atomic E-state index is -0.597. The van der Waals surface area contributed by atoms with E-state index in [9.17, 15) is 5.11 Å². The van der Waals surface area contributed by atoms with E-state index >= 15 is 0 Å². The zero-order valence-electron chi connectivity index (χ0n) is 7.15. The van der Waals surface area contributed by atoms with Crippen LogP contribution in [-0.2, 0) is 0 Å². The lowest BCUT2D eigenvalue weighted by Gasteiger charge is -2.16. The number of rotatable bonds is 5. The van der Waals surface area contributed by atoms with Gasteiger partial charge in [-0.3, -0.25) is 0 Å². The summed E-state index contributed by atoms with van der Waals surface area (Å²) in [5.41, 5.74) is -0.597. The molecule has 0 saturated heterocycles. The molecule has 11 heavy (non-hydrogen) atoms. The van der Waals surface area contributed by atoms with Crippen LogP contribution in [0.5, 0.6) is 0 Å². The molecule has 0 spiro atoms. The molecule has 3 heteroatoms. The molecule has 0 amide bonds. The molecule has 0 aromatic carbocycles. The molecular weight excluding hydrogens is 162 g/mol. The Morgan fingerprint density at radius 2 is 2.18 bits per heavy atom. The number of nitrogens with one attached hydrogen (secondary N) is 1. The topological polar surface area (TPSA) is 32.3 Å². The van der Waals surface area contributed by atoms with Gasteiger partial charge in [-0.05, 0) is 26.8 Å². The highest BCUT2D eigenvalue weighted by molar-refractivity contribution is 6.29. The van der Waals surface area contributed by atoms with Crippen LogP contribution in [0.1, 0.15) is 20.3 Å². The van der Waals surface area contributed by atoms with E-state index in [0.29, 0.717) is 11.6 Å². The van der Waals surface area contributed by atoms with Crippen molar-refractivity contribution in [3.63, 3.8) is 0 Å². The van der Waals surface area contributed by atoms with Crippen LogP contribution in [0.15, 0.2) is 11.6 Å². The van der Waals surface area contributed by atoms with Gasteiger partial charge in [-0.25, -0.2) is 0 Å². The van der Waals surface area contributed by atoms with E-state index < -0.39 is 5.60 Å². The summed E-state index contributed by atoms with van der Waals surface area (Å²) in [4.78, 5) is 0. The SMILES string of the molecule is C=C(Cl)CNCCC(C)(C)O. The summed E-state index contributed by atoms with van der Waals surface area (Å²) in [5, 5.41) is 12.9. The molecule has 0 radical (unpaired) electrons. The molecule has 0 aromatic rings. The first-order valence-corrected chi connectivity index (χ1v) is 4.06. The lowest BCUT2D eigenvalue weighted by molar-refractivity contribution is 0.0715. The lowest BCUT2D eigenvalue weighted by Crippen LogP contribution is -2.27. The molecule has 0 aromatic heterocycles. The largest absolute Gasteiger partial charge is 0.390 e. The molecule has 0 unspecified atom stereocenters. The van der Waals surface area contributed by atoms with Gasteiger partial charge in [-0.2, -0.15) is 0 Å². The van der Waals surface area contributed by atoms with Crippen LogP contribution in [0, 0.1) is 0 Å². The third-order valence-electron chi connectivity index (χ3n) is 1.23. The average Bonchev–Trinajstić information content (AvgIpc) is 1.78. The summed E-state index contributed by atoms with van der Waals surface area (Å²) >= 11 is 5.51. The fourth-order valence-electron chi connectivity index (χ4n) is 0.618. The zero-order valence-corrected chi connectivity index (χ0v) is 7.91. The van der Waals surface area contributed by atoms with Crippen LogP contribution in [0.2, 0.25) is 0 Å². The van der Waals surface area contributed by atoms with Crippen molar-refractivity contribution in [3.05, 3.63) is 11.6 Å². The monoisotopic (exact) mass is 177 g/mol. The first kappa shape index (κ1) is 11.0. The highest BCUT2D eigenvalue weighted by Gasteiger charge is 2.10. The summed E-state index contributed by atoms with van der Waals surface area (Å²) in [6, 6.07) is 0. The quantitative estimate of drug-likeness (QED) is 0.624. The normalized spacial score (nSPS) is 11.6. The maximum Gasteiger partial charge on any atom is 0.0603 e. The summed E-state index contributed by atoms with van der Waals surface area (Å²) in [5.74, 6) is 0. The number of aliphatic hydroxyl groups is 1. The highest BCUT2D eigenvalue weighted by Crippen LogP contribution is 2.05. The van der Waals surface area contributed by atoms with Gasteiger partial charge in [-0.15, -0.1) is 0 Å². The van der Waals surface area contributed by atoms with E-state index in [1.54, 1.807) is 13.8 Å². The highest BCUT2D eigenvalue weighted by atomic mass is 35.5. The van der Waals surface area contributed by atoms with Crippen molar-refractivity contribution in [3.8, 4) is 0 Å². The first-order valence-electron chi connectivity index (χ1n) is 3.68. The van der Waals surface area contributed by atoms with Crippen molar-refractivity contribution in [2.75, 3.05) is 13.1 Å². The minimum absolute atomic E-state index is 0.597. The fourth-order valence-corrected chi connectivity index (χ4v) is 0.713. The predicted octanol–water partition coefficient (Wildman–Crippen LogP) is 1.49. The average molecular weight is 178 g/mol. The molecule has 0 atom stereocenters. The van der Waals surface area contributed by atoms with E-state index in [4.69, 9.17) is 11.6 Å². The Labute approximate surface area is 73.3 Å². The van der Waals surface area contributed by atoms with Gasteiger partial charge < -0.3 is 10.4 Å². The fraction of sp³-hybridized carbons (Fsp3) is 0.750. The van der Waals surface area contributed by atoms with Gasteiger partial charge in [0.1, 0.15) is 0 Å². The van der Waals surface area contributed by atoms with Gasteiger partial charge in [0, 0.05) is 11.6 Å². The molecule has 0 aliphatic carbocycles. The van der Waals surface area contributed by atoms with E-state index in [1.165, 1.54) is 0 Å². The number of hydrogen-bond acceptors (Lipinski definition) is 2. The smallest absolute Gasteiger partial charge is 0.0603 e. The summed E-state index contributed by atoms with van der Waals surface area (Å²) in [7, 11) is 0. The van der Waals surface area contributed by atoms with Crippen LogP contribution in [-0.4, -0.2) is 23.8 Å². The second-order valence-electron chi connectivity index (χ2n) is 3.26. The maximum atomic E-state index is 9.29. The molecule has 0 fully saturated rings. The Kier molecular flexibility index (Phi) is 4.73. The number of halogens is 1. The number of hydrogen-bond donors (Lipinski definition) is 2. The zero-order chi connectivity index (χ0) is 8.91. The Morgan fingerprint density at radius 3 is 2.55 bits per heavy atom. The predicted molar refractivity (Wildman–Crippen MR) is 48.8 cm³/mol. The van der Waals surface area contributed by atoms with Crippen molar-refractivity contribution in [2.24, 2.45) is 0 Å². The summed E-state index contributed by atoms with van der Waals surface area (Å²) in [6.07, 6.45) is 0.719. The van der Waals surface area contributed by atoms with Crippen molar-refractivity contribution < 1.29 is 5.11 Å². The Bertz CT molecular complexity index is 129. The minimum Gasteiger partial charge on any atom is -0.390 e. The molecule has 0 aliphatic heterocycles. The van der Waals surface area contributed by atoms with Crippen LogP contribution < -0.4 is 5.32 Å². The molecule has 0 bridgehead atoms. The summed E-state index contributed by atoms with van der Waals surface area (Å²) in [6.45, 7) is 8.46. The van der Waals surface area contributed by atoms with Crippen molar-refractivity contribution >= 4 is 11.6 Å². The lowest BCUT2D eigenvalue weighted by atomic mass is 10.1. The van der Waals surface area contributed by atoms with Crippen LogP contribution in [0.3, 0.4) is 0 Å². The first-order chi connectivity index (χ1) is 4.92. The van der Waals surface area contributed by atoms with Crippen molar-refractivity contribution in [2.45, 2.75) is 25.9 Å². The Morgan fingerprint density at radius 1 is 1.64 bits per heavy atom. The van der Waals surface area contributed by atoms with Crippen LogP contribution in [0.4, 0.5) is 0 Å². The van der Waals surface area contributed by atoms with Crippen molar-refractivity contribution in [1.82, 2.24) is 5.32 Å². The van der Waals surface area contributed by atoms with E-state index in [1.807, 2.05) is 0 Å².